The Hall–Kier alpha value is -1.72. The molecule has 0 spiro atoms. The fraction of sp³-hybridized carbons (Fsp3) is 0.267. The molecule has 5 heteroatoms. The van der Waals surface area contributed by atoms with E-state index in [9.17, 15) is 9.18 Å². The molecule has 0 aliphatic rings. The number of hydrogen-bond acceptors (Lipinski definition) is 3. The summed E-state index contributed by atoms with van der Waals surface area (Å²) in [6.07, 6.45) is 0. The molecule has 0 saturated carbocycles. The van der Waals surface area contributed by atoms with Crippen molar-refractivity contribution in [1.82, 2.24) is 5.32 Å². The van der Waals surface area contributed by atoms with Crippen molar-refractivity contribution in [2.24, 2.45) is 0 Å². The normalized spacial score (nSPS) is 12.2. The molecule has 2 N–H and O–H groups in total. The number of aryl methyl sites for hydroxylation is 1. The highest BCUT2D eigenvalue weighted by Gasteiger charge is 2.15. The third kappa shape index (κ3) is 3.23. The molecule has 1 heterocycles. The van der Waals surface area contributed by atoms with Gasteiger partial charge in [0.1, 0.15) is 5.82 Å². The van der Waals surface area contributed by atoms with Crippen LogP contribution < -0.4 is 5.32 Å². The Morgan fingerprint density at radius 3 is 2.65 bits per heavy atom. The molecule has 0 saturated heterocycles. The number of carbonyl (C=O) groups is 1. The van der Waals surface area contributed by atoms with Gasteiger partial charge in [-0.05, 0) is 43.2 Å². The van der Waals surface area contributed by atoms with Crippen LogP contribution >= 0.6 is 11.3 Å². The number of halogens is 1. The van der Waals surface area contributed by atoms with Crippen molar-refractivity contribution in [2.45, 2.75) is 19.9 Å². The molecule has 1 amide bonds. The number of hydrogen-bond donors (Lipinski definition) is 2. The summed E-state index contributed by atoms with van der Waals surface area (Å²) in [6, 6.07) is 7.72. The van der Waals surface area contributed by atoms with Gasteiger partial charge in [-0.15, -0.1) is 11.3 Å². The van der Waals surface area contributed by atoms with E-state index in [1.807, 2.05) is 6.92 Å². The minimum atomic E-state index is -0.281. The molecule has 0 fully saturated rings. The lowest BCUT2D eigenvalue weighted by Gasteiger charge is -2.08. The molecule has 1 aromatic carbocycles. The summed E-state index contributed by atoms with van der Waals surface area (Å²) >= 11 is 1.39. The van der Waals surface area contributed by atoms with Gasteiger partial charge in [-0.2, -0.15) is 0 Å². The van der Waals surface area contributed by atoms with Crippen LogP contribution in [0.2, 0.25) is 0 Å². The highest BCUT2D eigenvalue weighted by Crippen LogP contribution is 2.31. The van der Waals surface area contributed by atoms with Crippen molar-refractivity contribution in [2.75, 3.05) is 6.61 Å². The third-order valence-electron chi connectivity index (χ3n) is 2.95. The second-order valence-corrected chi connectivity index (χ2v) is 5.90. The highest BCUT2D eigenvalue weighted by molar-refractivity contribution is 7.14. The first-order valence-electron chi connectivity index (χ1n) is 6.29. The predicted octanol–water partition coefficient (Wildman–Crippen LogP) is 2.97. The maximum absolute atomic E-state index is 12.9. The monoisotopic (exact) mass is 293 g/mol. The van der Waals surface area contributed by atoms with Crippen LogP contribution in [0.3, 0.4) is 0 Å². The largest absolute Gasteiger partial charge is 0.394 e. The van der Waals surface area contributed by atoms with Crippen molar-refractivity contribution in [3.8, 4) is 11.1 Å². The molecule has 1 atom stereocenters. The van der Waals surface area contributed by atoms with Gasteiger partial charge < -0.3 is 10.4 Å². The number of rotatable bonds is 4. The van der Waals surface area contributed by atoms with E-state index in [1.165, 1.54) is 23.5 Å². The Labute approximate surface area is 121 Å². The number of thiophene rings is 1. The summed E-state index contributed by atoms with van der Waals surface area (Å²) < 4.78 is 12.9. The van der Waals surface area contributed by atoms with E-state index in [-0.39, 0.29) is 24.4 Å². The molecular weight excluding hydrogens is 277 g/mol. The van der Waals surface area contributed by atoms with E-state index < -0.39 is 0 Å². The lowest BCUT2D eigenvalue weighted by Crippen LogP contribution is -2.34. The predicted molar refractivity (Wildman–Crippen MR) is 78.5 cm³/mol. The maximum Gasteiger partial charge on any atom is 0.261 e. The molecule has 1 unspecified atom stereocenters. The molecule has 0 radical (unpaired) electrons. The summed E-state index contributed by atoms with van der Waals surface area (Å²) in [5.74, 6) is -0.482. The van der Waals surface area contributed by atoms with Gasteiger partial charge in [-0.1, -0.05) is 12.1 Å². The standard InChI is InChI=1S/C15H16FNO2S/c1-9(8-18)17-15(19)14-7-13(10(2)20-14)11-3-5-12(16)6-4-11/h3-7,9,18H,8H2,1-2H3,(H,17,19). The summed E-state index contributed by atoms with van der Waals surface area (Å²) in [7, 11) is 0. The van der Waals surface area contributed by atoms with E-state index in [2.05, 4.69) is 5.32 Å². The van der Waals surface area contributed by atoms with Gasteiger partial charge in [-0.3, -0.25) is 4.79 Å². The van der Waals surface area contributed by atoms with Crippen LogP contribution in [0.1, 0.15) is 21.5 Å². The van der Waals surface area contributed by atoms with Gasteiger partial charge in [0, 0.05) is 10.9 Å². The van der Waals surface area contributed by atoms with E-state index in [0.29, 0.717) is 4.88 Å². The lowest BCUT2D eigenvalue weighted by atomic mass is 10.1. The van der Waals surface area contributed by atoms with Gasteiger partial charge in [0.05, 0.1) is 11.5 Å². The molecule has 2 rings (SSSR count). The van der Waals surface area contributed by atoms with Crippen molar-refractivity contribution in [1.29, 1.82) is 0 Å². The topological polar surface area (TPSA) is 49.3 Å². The first kappa shape index (κ1) is 14.7. The average molecular weight is 293 g/mol. The average Bonchev–Trinajstić information content (AvgIpc) is 2.81. The van der Waals surface area contributed by atoms with Crippen molar-refractivity contribution < 1.29 is 14.3 Å². The molecule has 0 aliphatic heterocycles. The van der Waals surface area contributed by atoms with Crippen LogP contribution in [0, 0.1) is 12.7 Å². The summed E-state index contributed by atoms with van der Waals surface area (Å²) in [5.41, 5.74) is 1.81. The van der Waals surface area contributed by atoms with Gasteiger partial charge >= 0.3 is 0 Å². The van der Waals surface area contributed by atoms with Gasteiger partial charge in [0.2, 0.25) is 0 Å². The van der Waals surface area contributed by atoms with Crippen LogP contribution in [0.25, 0.3) is 11.1 Å². The Bertz CT molecular complexity index is 607. The number of nitrogens with one attached hydrogen (secondary N) is 1. The van der Waals surface area contributed by atoms with Gasteiger partial charge in [0.15, 0.2) is 0 Å². The Balaban J connectivity index is 2.25. The van der Waals surface area contributed by atoms with Crippen LogP contribution in [0.5, 0.6) is 0 Å². The molecule has 0 aliphatic carbocycles. The lowest BCUT2D eigenvalue weighted by molar-refractivity contribution is 0.0926. The van der Waals surface area contributed by atoms with Gasteiger partial charge in [0.25, 0.3) is 5.91 Å². The zero-order chi connectivity index (χ0) is 14.7. The summed E-state index contributed by atoms with van der Waals surface area (Å²) in [6.45, 7) is 3.57. The second kappa shape index (κ2) is 6.15. The van der Waals surface area contributed by atoms with E-state index in [0.717, 1.165) is 16.0 Å². The number of amides is 1. The Morgan fingerprint density at radius 2 is 2.05 bits per heavy atom. The number of aliphatic hydroxyl groups is 1. The van der Waals surface area contributed by atoms with Crippen molar-refractivity contribution >= 4 is 17.2 Å². The maximum atomic E-state index is 12.9. The molecule has 0 bridgehead atoms. The molecule has 3 nitrogen and oxygen atoms in total. The molecule has 1 aromatic heterocycles. The molecule has 2 aromatic rings. The van der Waals surface area contributed by atoms with Crippen LogP contribution in [0.4, 0.5) is 4.39 Å². The van der Waals surface area contributed by atoms with Crippen LogP contribution in [-0.2, 0) is 0 Å². The van der Waals surface area contributed by atoms with E-state index in [4.69, 9.17) is 5.11 Å². The number of carbonyl (C=O) groups excluding carboxylic acids is 1. The summed E-state index contributed by atoms with van der Waals surface area (Å²) in [5, 5.41) is 11.7. The second-order valence-electron chi connectivity index (χ2n) is 4.64. The van der Waals surface area contributed by atoms with E-state index in [1.54, 1.807) is 25.1 Å². The fourth-order valence-corrected chi connectivity index (χ4v) is 2.80. The Morgan fingerprint density at radius 1 is 1.40 bits per heavy atom. The summed E-state index contributed by atoms with van der Waals surface area (Å²) in [4.78, 5) is 13.6. The smallest absolute Gasteiger partial charge is 0.261 e. The third-order valence-corrected chi connectivity index (χ3v) is 4.00. The fourth-order valence-electron chi connectivity index (χ4n) is 1.85. The van der Waals surface area contributed by atoms with Gasteiger partial charge in [-0.25, -0.2) is 4.39 Å². The minimum Gasteiger partial charge on any atom is -0.394 e. The zero-order valence-corrected chi connectivity index (χ0v) is 12.1. The number of benzene rings is 1. The number of aliphatic hydroxyl groups excluding tert-OH is 1. The molecule has 20 heavy (non-hydrogen) atoms. The first-order chi connectivity index (χ1) is 9.51. The highest BCUT2D eigenvalue weighted by atomic mass is 32.1. The molecular formula is C15H16FNO2S. The quantitative estimate of drug-likeness (QED) is 0.910. The SMILES string of the molecule is Cc1sc(C(=O)NC(C)CO)cc1-c1ccc(F)cc1. The Kier molecular flexibility index (Phi) is 4.52. The molecule has 106 valence electrons. The zero-order valence-electron chi connectivity index (χ0n) is 11.3. The van der Waals surface area contributed by atoms with Crippen molar-refractivity contribution in [3.63, 3.8) is 0 Å². The first-order valence-corrected chi connectivity index (χ1v) is 7.11. The van der Waals surface area contributed by atoms with Crippen LogP contribution in [-0.4, -0.2) is 23.7 Å². The van der Waals surface area contributed by atoms with E-state index >= 15 is 0 Å². The van der Waals surface area contributed by atoms with Crippen molar-refractivity contribution in [3.05, 3.63) is 45.9 Å². The minimum absolute atomic E-state index is 0.0963. The van der Waals surface area contributed by atoms with Crippen LogP contribution in [0.15, 0.2) is 30.3 Å².